The predicted octanol–water partition coefficient (Wildman–Crippen LogP) is 3.80. The van der Waals surface area contributed by atoms with Gasteiger partial charge in [0.2, 0.25) is 0 Å². The average Bonchev–Trinajstić information content (AvgIpc) is 2.93. The van der Waals surface area contributed by atoms with E-state index < -0.39 is 11.2 Å². The summed E-state index contributed by atoms with van der Waals surface area (Å²) >= 11 is 0. The summed E-state index contributed by atoms with van der Waals surface area (Å²) < 4.78 is 18.7. The molecule has 1 aliphatic carbocycles. The van der Waals surface area contributed by atoms with Crippen LogP contribution in [0.3, 0.4) is 0 Å². The molecule has 5 nitrogen and oxygen atoms in total. The molecule has 0 aromatic rings. The highest BCUT2D eigenvalue weighted by Crippen LogP contribution is 2.59. The number of carbonyl (C=O) groups is 2. The molecular weight excluding hydrogens is 344 g/mol. The minimum absolute atomic E-state index is 0.00942. The second-order valence-corrected chi connectivity index (χ2v) is 9.62. The van der Waals surface area contributed by atoms with Gasteiger partial charge < -0.3 is 14.2 Å². The molecule has 150 valence electrons. The number of allylic oxidation sites excluding steroid dienone is 1. The van der Waals surface area contributed by atoms with E-state index in [1.807, 2.05) is 13.8 Å². The fourth-order valence-corrected chi connectivity index (χ4v) is 6.41. The molecule has 3 aliphatic heterocycles. The maximum Gasteiger partial charge on any atom is 0.309 e. The largest absolute Gasteiger partial charge is 0.459 e. The Morgan fingerprint density at radius 1 is 1.30 bits per heavy atom. The van der Waals surface area contributed by atoms with E-state index in [4.69, 9.17) is 14.2 Å². The van der Waals surface area contributed by atoms with Crippen molar-refractivity contribution in [2.24, 2.45) is 23.7 Å². The predicted molar refractivity (Wildman–Crippen MR) is 99.8 cm³/mol. The molecule has 0 radical (unpaired) electrons. The Morgan fingerprint density at radius 3 is 2.74 bits per heavy atom. The van der Waals surface area contributed by atoms with Crippen LogP contribution in [0.2, 0.25) is 0 Å². The lowest BCUT2D eigenvalue weighted by Gasteiger charge is -2.48. The first-order valence-electron chi connectivity index (χ1n) is 10.4. The summed E-state index contributed by atoms with van der Waals surface area (Å²) in [7, 11) is 0. The van der Waals surface area contributed by atoms with Gasteiger partial charge in [0.1, 0.15) is 17.3 Å². The molecule has 0 amide bonds. The highest BCUT2D eigenvalue weighted by Gasteiger charge is 2.66. The zero-order valence-corrected chi connectivity index (χ0v) is 17.1. The van der Waals surface area contributed by atoms with Crippen molar-refractivity contribution in [2.75, 3.05) is 0 Å². The molecule has 0 aromatic carbocycles. The number of hydrogen-bond acceptors (Lipinski definition) is 5. The molecule has 2 bridgehead atoms. The second-order valence-electron chi connectivity index (χ2n) is 9.62. The smallest absolute Gasteiger partial charge is 0.309 e. The number of ether oxygens (including phenoxy) is 3. The lowest BCUT2D eigenvalue weighted by molar-refractivity contribution is -0.180. The van der Waals surface area contributed by atoms with E-state index in [1.54, 1.807) is 0 Å². The SMILES string of the molecule is CC(=O)O[C@@]1(C)CC[C@H]2[C@@H]3[C@H]1[C@@H]1C/C(C)=C\CC[C@@](C)(OC(=O)[C@H]2C)[C@H]3O1. The minimum atomic E-state index is -0.632. The van der Waals surface area contributed by atoms with Crippen LogP contribution >= 0.6 is 0 Å². The fraction of sp³-hybridized carbons (Fsp3) is 0.818. The van der Waals surface area contributed by atoms with Gasteiger partial charge in [-0.1, -0.05) is 18.6 Å². The molecule has 2 saturated heterocycles. The number of carbonyl (C=O) groups excluding carboxylic acids is 2. The number of fused-ring (bicyclic) bond motifs is 2. The average molecular weight is 376 g/mol. The minimum Gasteiger partial charge on any atom is -0.459 e. The molecule has 5 heteroatoms. The molecule has 8 atom stereocenters. The Morgan fingerprint density at radius 2 is 2.04 bits per heavy atom. The molecule has 4 aliphatic rings. The summed E-state index contributed by atoms with van der Waals surface area (Å²) in [4.78, 5) is 24.8. The van der Waals surface area contributed by atoms with Crippen LogP contribution in [-0.4, -0.2) is 35.3 Å². The summed E-state index contributed by atoms with van der Waals surface area (Å²) in [5, 5.41) is 0. The van der Waals surface area contributed by atoms with Crippen LogP contribution < -0.4 is 0 Å². The van der Waals surface area contributed by atoms with Crippen molar-refractivity contribution in [3.63, 3.8) is 0 Å². The molecule has 3 fully saturated rings. The second kappa shape index (κ2) is 6.33. The molecule has 0 spiro atoms. The van der Waals surface area contributed by atoms with Gasteiger partial charge in [-0.05, 0) is 58.8 Å². The van der Waals surface area contributed by atoms with E-state index in [0.717, 1.165) is 32.1 Å². The monoisotopic (exact) mass is 376 g/mol. The lowest BCUT2D eigenvalue weighted by Crippen LogP contribution is -2.54. The van der Waals surface area contributed by atoms with Crippen LogP contribution in [0.5, 0.6) is 0 Å². The van der Waals surface area contributed by atoms with Crippen molar-refractivity contribution in [2.45, 2.75) is 90.1 Å². The van der Waals surface area contributed by atoms with Gasteiger partial charge in [0.15, 0.2) is 0 Å². The summed E-state index contributed by atoms with van der Waals surface area (Å²) in [6.45, 7) is 9.73. The summed E-state index contributed by atoms with van der Waals surface area (Å²) in [5.74, 6) is -0.0260. The summed E-state index contributed by atoms with van der Waals surface area (Å²) in [6, 6.07) is 0. The molecule has 3 heterocycles. The van der Waals surface area contributed by atoms with E-state index in [0.29, 0.717) is 0 Å². The van der Waals surface area contributed by atoms with E-state index in [-0.39, 0.29) is 47.8 Å². The van der Waals surface area contributed by atoms with Crippen LogP contribution in [0.4, 0.5) is 0 Å². The maximum absolute atomic E-state index is 12.8. The van der Waals surface area contributed by atoms with Crippen LogP contribution in [0.15, 0.2) is 11.6 Å². The van der Waals surface area contributed by atoms with Gasteiger partial charge in [-0.25, -0.2) is 0 Å². The van der Waals surface area contributed by atoms with Gasteiger partial charge in [-0.2, -0.15) is 0 Å². The Balaban J connectivity index is 1.84. The van der Waals surface area contributed by atoms with Crippen LogP contribution in [0.25, 0.3) is 0 Å². The number of rotatable bonds is 1. The van der Waals surface area contributed by atoms with Crippen molar-refractivity contribution in [1.29, 1.82) is 0 Å². The molecule has 4 rings (SSSR count). The summed E-state index contributed by atoms with van der Waals surface area (Å²) in [6.07, 6.45) is 6.22. The molecule has 1 saturated carbocycles. The van der Waals surface area contributed by atoms with Crippen LogP contribution in [0, 0.1) is 23.7 Å². The lowest BCUT2D eigenvalue weighted by atomic mass is 9.58. The number of esters is 2. The topological polar surface area (TPSA) is 61.8 Å². The highest BCUT2D eigenvalue weighted by atomic mass is 16.6. The Kier molecular flexibility index (Phi) is 4.45. The molecule has 0 unspecified atom stereocenters. The third kappa shape index (κ3) is 2.93. The quantitative estimate of drug-likeness (QED) is 0.514. The van der Waals surface area contributed by atoms with Gasteiger partial charge in [0.05, 0.1) is 12.0 Å². The Labute approximate surface area is 161 Å². The standard InChI is InChI=1S/C22H32O5/c1-12-7-6-9-22(5)19-17-15(13(2)20(24)27-22)8-10-21(4,26-14(3)23)18(17)16(11-12)25-19/h7,13,15-19H,6,8-11H2,1-5H3/b12-7-/t13-,15+,16-,17+,18+,19-,21-,22+/m0/s1. The molecule has 0 N–H and O–H groups in total. The fourth-order valence-electron chi connectivity index (χ4n) is 6.41. The maximum atomic E-state index is 12.8. The van der Waals surface area contributed by atoms with E-state index in [2.05, 4.69) is 19.9 Å². The first-order chi connectivity index (χ1) is 12.6. The van der Waals surface area contributed by atoms with Crippen molar-refractivity contribution >= 4 is 11.9 Å². The number of hydrogen-bond donors (Lipinski definition) is 0. The molecule has 0 aromatic heterocycles. The highest BCUT2D eigenvalue weighted by molar-refractivity contribution is 5.73. The Bertz CT molecular complexity index is 684. The Hall–Kier alpha value is -1.36. The molecule has 27 heavy (non-hydrogen) atoms. The van der Waals surface area contributed by atoms with Gasteiger partial charge in [0, 0.05) is 18.8 Å². The molecular formula is C22H32O5. The van der Waals surface area contributed by atoms with Crippen LogP contribution in [-0.2, 0) is 23.8 Å². The van der Waals surface area contributed by atoms with Crippen LogP contribution in [0.1, 0.15) is 66.7 Å². The van der Waals surface area contributed by atoms with Gasteiger partial charge in [0.25, 0.3) is 0 Å². The van der Waals surface area contributed by atoms with Crippen molar-refractivity contribution in [1.82, 2.24) is 0 Å². The zero-order valence-electron chi connectivity index (χ0n) is 17.1. The van der Waals surface area contributed by atoms with Gasteiger partial charge >= 0.3 is 11.9 Å². The van der Waals surface area contributed by atoms with Crippen molar-refractivity contribution < 1.29 is 23.8 Å². The zero-order chi connectivity index (χ0) is 19.6. The van der Waals surface area contributed by atoms with E-state index in [9.17, 15) is 9.59 Å². The first kappa shape index (κ1) is 19.0. The summed E-state index contributed by atoms with van der Waals surface area (Å²) in [5.41, 5.74) is 0.113. The van der Waals surface area contributed by atoms with E-state index in [1.165, 1.54) is 12.5 Å². The third-order valence-corrected chi connectivity index (χ3v) is 7.64. The van der Waals surface area contributed by atoms with Gasteiger partial charge in [-0.3, -0.25) is 9.59 Å². The normalized spacial score (nSPS) is 51.0. The van der Waals surface area contributed by atoms with E-state index >= 15 is 0 Å². The van der Waals surface area contributed by atoms with Crippen molar-refractivity contribution in [3.8, 4) is 0 Å². The van der Waals surface area contributed by atoms with Crippen molar-refractivity contribution in [3.05, 3.63) is 11.6 Å². The first-order valence-corrected chi connectivity index (χ1v) is 10.4. The van der Waals surface area contributed by atoms with Gasteiger partial charge in [-0.15, -0.1) is 0 Å². The third-order valence-electron chi connectivity index (χ3n) is 7.64.